The number of halogens is 3. The Bertz CT molecular complexity index is 710. The Morgan fingerprint density at radius 1 is 1.41 bits per heavy atom. The maximum absolute atomic E-state index is 12.8. The lowest BCUT2D eigenvalue weighted by Gasteiger charge is -2.31. The number of sulfonamides is 1. The van der Waals surface area contributed by atoms with Gasteiger partial charge in [0.25, 0.3) is 0 Å². The van der Waals surface area contributed by atoms with E-state index in [1.807, 2.05) is 6.92 Å². The van der Waals surface area contributed by atoms with Gasteiger partial charge in [0.1, 0.15) is 0 Å². The summed E-state index contributed by atoms with van der Waals surface area (Å²) in [7, 11) is -3.91. The van der Waals surface area contributed by atoms with Crippen LogP contribution in [0.3, 0.4) is 0 Å². The average Bonchev–Trinajstić information content (AvgIpc) is 2.45. The van der Waals surface area contributed by atoms with Crippen LogP contribution >= 0.6 is 0 Å². The molecule has 5 nitrogen and oxygen atoms in total. The van der Waals surface area contributed by atoms with E-state index in [1.54, 1.807) is 0 Å². The minimum absolute atomic E-state index is 0.0478. The largest absolute Gasteiger partial charge is 0.417 e. The Kier molecular flexibility index (Phi) is 4.47. The molecule has 1 aromatic rings. The summed E-state index contributed by atoms with van der Waals surface area (Å²) in [6, 6.07) is 3.68. The molecule has 1 saturated heterocycles. The van der Waals surface area contributed by atoms with Gasteiger partial charge in [-0.25, -0.2) is 8.42 Å². The summed E-state index contributed by atoms with van der Waals surface area (Å²) >= 11 is 0. The molecule has 1 N–H and O–H groups in total. The topological polar surface area (TPSA) is 73.2 Å². The minimum Gasteiger partial charge on any atom is -0.312 e. The number of nitriles is 1. The van der Waals surface area contributed by atoms with Crippen molar-refractivity contribution in [3.63, 3.8) is 0 Å². The van der Waals surface area contributed by atoms with E-state index in [9.17, 15) is 21.6 Å². The van der Waals surface area contributed by atoms with E-state index in [0.717, 1.165) is 12.1 Å². The zero-order valence-electron chi connectivity index (χ0n) is 11.7. The van der Waals surface area contributed by atoms with Crippen molar-refractivity contribution >= 4 is 10.0 Å². The zero-order valence-corrected chi connectivity index (χ0v) is 12.5. The van der Waals surface area contributed by atoms with Gasteiger partial charge in [0, 0.05) is 25.7 Å². The predicted octanol–water partition coefficient (Wildman–Crippen LogP) is 1.56. The van der Waals surface area contributed by atoms with Crippen LogP contribution in [-0.4, -0.2) is 38.4 Å². The molecule has 0 unspecified atom stereocenters. The lowest BCUT2D eigenvalue weighted by Crippen LogP contribution is -2.51. The van der Waals surface area contributed by atoms with Gasteiger partial charge in [-0.15, -0.1) is 0 Å². The molecule has 0 radical (unpaired) electrons. The quantitative estimate of drug-likeness (QED) is 0.891. The molecule has 1 atom stereocenters. The van der Waals surface area contributed by atoms with Crippen LogP contribution in [0.1, 0.15) is 18.1 Å². The van der Waals surface area contributed by atoms with Crippen molar-refractivity contribution in [2.75, 3.05) is 19.6 Å². The van der Waals surface area contributed by atoms with E-state index in [1.165, 1.54) is 10.4 Å². The SMILES string of the molecule is C[C@@H]1CN(S(=O)(=O)c2ccc(C(F)(F)F)c(C#N)c2)CCN1. The van der Waals surface area contributed by atoms with Crippen molar-refractivity contribution in [2.24, 2.45) is 0 Å². The maximum Gasteiger partial charge on any atom is 0.417 e. The fourth-order valence-corrected chi connectivity index (χ4v) is 3.84. The van der Waals surface area contributed by atoms with E-state index in [0.29, 0.717) is 12.6 Å². The number of nitrogens with zero attached hydrogens (tertiary/aromatic N) is 2. The van der Waals surface area contributed by atoms with Gasteiger partial charge in [-0.3, -0.25) is 0 Å². The summed E-state index contributed by atoms with van der Waals surface area (Å²) in [6.45, 7) is 2.74. The van der Waals surface area contributed by atoms with Gasteiger partial charge < -0.3 is 5.32 Å². The first-order valence-corrected chi connectivity index (χ1v) is 7.95. The fraction of sp³-hybridized carbons (Fsp3) is 0.462. The number of nitrogens with one attached hydrogen (secondary N) is 1. The Labute approximate surface area is 126 Å². The Balaban J connectivity index is 2.43. The normalized spacial score (nSPS) is 20.6. The smallest absolute Gasteiger partial charge is 0.312 e. The van der Waals surface area contributed by atoms with Crippen LogP contribution < -0.4 is 5.32 Å². The van der Waals surface area contributed by atoms with Crippen molar-refractivity contribution in [1.82, 2.24) is 9.62 Å². The molecule has 1 aliphatic rings. The molecule has 120 valence electrons. The van der Waals surface area contributed by atoms with E-state index < -0.39 is 27.3 Å². The fourth-order valence-electron chi connectivity index (χ4n) is 2.29. The molecule has 1 aromatic carbocycles. The van der Waals surface area contributed by atoms with Crippen molar-refractivity contribution in [1.29, 1.82) is 5.26 Å². The number of piperazine rings is 1. The third kappa shape index (κ3) is 3.24. The third-order valence-corrected chi connectivity index (χ3v) is 5.25. The highest BCUT2D eigenvalue weighted by Crippen LogP contribution is 2.33. The number of hydrogen-bond acceptors (Lipinski definition) is 4. The van der Waals surface area contributed by atoms with Crippen molar-refractivity contribution < 1.29 is 21.6 Å². The molecule has 1 aliphatic heterocycles. The van der Waals surface area contributed by atoms with E-state index in [2.05, 4.69) is 5.32 Å². The van der Waals surface area contributed by atoms with E-state index >= 15 is 0 Å². The highest BCUT2D eigenvalue weighted by atomic mass is 32.2. The van der Waals surface area contributed by atoms with Gasteiger partial charge in [0.15, 0.2) is 0 Å². The molecule has 0 aliphatic carbocycles. The second kappa shape index (κ2) is 5.87. The second-order valence-corrected chi connectivity index (χ2v) is 6.97. The van der Waals surface area contributed by atoms with Crippen LogP contribution in [0.5, 0.6) is 0 Å². The van der Waals surface area contributed by atoms with E-state index in [-0.39, 0.29) is 24.0 Å². The number of rotatable bonds is 2. The van der Waals surface area contributed by atoms with Crippen LogP contribution in [-0.2, 0) is 16.2 Å². The molecular formula is C13H14F3N3O2S. The molecular weight excluding hydrogens is 319 g/mol. The summed E-state index contributed by atoms with van der Waals surface area (Å²) in [5, 5.41) is 11.9. The maximum atomic E-state index is 12.8. The molecule has 0 spiro atoms. The monoisotopic (exact) mass is 333 g/mol. The van der Waals surface area contributed by atoms with Crippen molar-refractivity contribution in [3.05, 3.63) is 29.3 Å². The lowest BCUT2D eigenvalue weighted by atomic mass is 10.1. The molecule has 1 heterocycles. The van der Waals surface area contributed by atoms with Crippen molar-refractivity contribution in [3.8, 4) is 6.07 Å². The van der Waals surface area contributed by atoms with Gasteiger partial charge in [-0.1, -0.05) is 0 Å². The molecule has 22 heavy (non-hydrogen) atoms. The van der Waals surface area contributed by atoms with Crippen LogP contribution in [0.2, 0.25) is 0 Å². The molecule has 0 bridgehead atoms. The van der Waals surface area contributed by atoms with Crippen LogP contribution in [0.15, 0.2) is 23.1 Å². The average molecular weight is 333 g/mol. The third-order valence-electron chi connectivity index (χ3n) is 3.39. The minimum atomic E-state index is -4.70. The molecule has 9 heteroatoms. The molecule has 0 saturated carbocycles. The Morgan fingerprint density at radius 2 is 2.09 bits per heavy atom. The number of alkyl halides is 3. The van der Waals surface area contributed by atoms with Crippen molar-refractivity contribution in [2.45, 2.75) is 24.0 Å². The first kappa shape index (κ1) is 16.7. The predicted molar refractivity (Wildman–Crippen MR) is 72.4 cm³/mol. The van der Waals surface area contributed by atoms with Crippen LogP contribution in [0.25, 0.3) is 0 Å². The Hall–Kier alpha value is -1.63. The molecule has 1 fully saturated rings. The summed E-state index contributed by atoms with van der Waals surface area (Å²) in [5.41, 5.74) is -1.83. The molecule has 2 rings (SSSR count). The summed E-state index contributed by atoms with van der Waals surface area (Å²) in [5.74, 6) is 0. The van der Waals surface area contributed by atoms with Gasteiger partial charge in [-0.2, -0.15) is 22.7 Å². The molecule has 0 aromatic heterocycles. The summed E-state index contributed by atoms with van der Waals surface area (Å²) in [4.78, 5) is -0.300. The lowest BCUT2D eigenvalue weighted by molar-refractivity contribution is -0.137. The van der Waals surface area contributed by atoms with Gasteiger partial charge in [0.05, 0.1) is 22.1 Å². The summed E-state index contributed by atoms with van der Waals surface area (Å²) in [6.07, 6.45) is -4.70. The van der Waals surface area contributed by atoms with Gasteiger partial charge in [-0.05, 0) is 25.1 Å². The standard InChI is InChI=1S/C13H14F3N3O2S/c1-9-8-19(5-4-18-9)22(20,21)11-2-3-12(13(14,15)16)10(6-11)7-17/h2-3,6,9,18H,4-5,8H2,1H3/t9-/m1/s1. The second-order valence-electron chi connectivity index (χ2n) is 5.04. The molecule has 0 amide bonds. The Morgan fingerprint density at radius 3 is 2.64 bits per heavy atom. The van der Waals surface area contributed by atoms with E-state index in [4.69, 9.17) is 5.26 Å². The highest BCUT2D eigenvalue weighted by molar-refractivity contribution is 7.89. The zero-order chi connectivity index (χ0) is 16.5. The number of hydrogen-bond donors (Lipinski definition) is 1. The number of benzene rings is 1. The highest BCUT2D eigenvalue weighted by Gasteiger charge is 2.35. The summed E-state index contributed by atoms with van der Waals surface area (Å²) < 4.78 is 64.4. The van der Waals surface area contributed by atoms with Crippen LogP contribution in [0.4, 0.5) is 13.2 Å². The van der Waals surface area contributed by atoms with Gasteiger partial charge >= 0.3 is 6.18 Å². The van der Waals surface area contributed by atoms with Gasteiger partial charge in [0.2, 0.25) is 10.0 Å². The first-order chi connectivity index (χ1) is 10.2. The first-order valence-electron chi connectivity index (χ1n) is 6.51. The van der Waals surface area contributed by atoms with Crippen LogP contribution in [0, 0.1) is 11.3 Å².